The van der Waals surface area contributed by atoms with E-state index in [0.717, 1.165) is 24.2 Å². The average Bonchev–Trinajstić information content (AvgIpc) is 2.46. The molecule has 3 nitrogen and oxygen atoms in total. The summed E-state index contributed by atoms with van der Waals surface area (Å²) < 4.78 is 5.66. The molecule has 1 amide bonds. The number of hydrogen-bond donors (Lipinski definition) is 0. The van der Waals surface area contributed by atoms with Crippen LogP contribution in [-0.2, 0) is 11.2 Å². The normalized spacial score (nSPS) is 16.9. The minimum absolute atomic E-state index is 0.106. The highest BCUT2D eigenvalue weighted by Gasteiger charge is 2.28. The first-order chi connectivity index (χ1) is 9.26. The van der Waals surface area contributed by atoms with Gasteiger partial charge in [-0.25, -0.2) is 0 Å². The van der Waals surface area contributed by atoms with Crippen LogP contribution in [0.25, 0.3) is 0 Å². The van der Waals surface area contributed by atoms with E-state index in [2.05, 4.69) is 5.92 Å². The Balaban J connectivity index is 2.07. The molecular weight excluding hydrogens is 238 g/mol. The Morgan fingerprint density at radius 2 is 2.32 bits per heavy atom. The van der Waals surface area contributed by atoms with E-state index in [4.69, 9.17) is 11.2 Å². The Morgan fingerprint density at radius 3 is 3.05 bits per heavy atom. The molecule has 0 fully saturated rings. The smallest absolute Gasteiger partial charge is 0.230 e. The van der Waals surface area contributed by atoms with Crippen LogP contribution in [0.1, 0.15) is 18.9 Å². The van der Waals surface area contributed by atoms with Crippen LogP contribution in [-0.4, -0.2) is 30.5 Å². The summed E-state index contributed by atoms with van der Waals surface area (Å²) in [4.78, 5) is 14.2. The number of rotatable bonds is 4. The van der Waals surface area contributed by atoms with Gasteiger partial charge in [-0.05, 0) is 24.5 Å². The van der Waals surface area contributed by atoms with Crippen molar-refractivity contribution in [2.45, 2.75) is 19.8 Å². The molecule has 100 valence electrons. The topological polar surface area (TPSA) is 29.5 Å². The molecule has 1 unspecified atom stereocenters. The van der Waals surface area contributed by atoms with E-state index in [1.165, 1.54) is 0 Å². The molecule has 0 saturated heterocycles. The van der Waals surface area contributed by atoms with Crippen LogP contribution in [0.15, 0.2) is 24.3 Å². The molecule has 1 atom stereocenters. The predicted octanol–water partition coefficient (Wildman–Crippen LogP) is 2.11. The highest BCUT2D eigenvalue weighted by molar-refractivity contribution is 5.80. The van der Waals surface area contributed by atoms with Crippen molar-refractivity contribution in [3.8, 4) is 18.1 Å². The van der Waals surface area contributed by atoms with Crippen LogP contribution < -0.4 is 4.74 Å². The van der Waals surface area contributed by atoms with Crippen molar-refractivity contribution in [1.82, 2.24) is 4.90 Å². The summed E-state index contributed by atoms with van der Waals surface area (Å²) in [7, 11) is 0. The number of amides is 1. The standard InChI is InChI=1S/C16H19NO2/c1-3-9-17(10-4-2)16(18)14-11-13-7-5-6-8-15(13)19-12-14/h1,5-8,14H,4,9-12H2,2H3. The van der Waals surface area contributed by atoms with Crippen LogP contribution in [0.5, 0.6) is 5.75 Å². The first-order valence-electron chi connectivity index (χ1n) is 6.69. The predicted molar refractivity (Wildman–Crippen MR) is 74.8 cm³/mol. The molecule has 1 aromatic carbocycles. The molecule has 0 saturated carbocycles. The molecule has 1 aliphatic heterocycles. The minimum Gasteiger partial charge on any atom is -0.492 e. The van der Waals surface area contributed by atoms with Gasteiger partial charge in [-0.1, -0.05) is 31.0 Å². The third-order valence-corrected chi connectivity index (χ3v) is 3.32. The Morgan fingerprint density at radius 1 is 1.53 bits per heavy atom. The van der Waals surface area contributed by atoms with Crippen LogP contribution >= 0.6 is 0 Å². The van der Waals surface area contributed by atoms with Gasteiger partial charge in [0.2, 0.25) is 5.91 Å². The Hall–Kier alpha value is -1.95. The van der Waals surface area contributed by atoms with Crippen molar-refractivity contribution in [3.63, 3.8) is 0 Å². The Labute approximate surface area is 114 Å². The first-order valence-corrected chi connectivity index (χ1v) is 6.69. The maximum atomic E-state index is 12.4. The van der Waals surface area contributed by atoms with E-state index in [-0.39, 0.29) is 11.8 Å². The van der Waals surface area contributed by atoms with Gasteiger partial charge in [-0.2, -0.15) is 0 Å². The van der Waals surface area contributed by atoms with Crippen molar-refractivity contribution >= 4 is 5.91 Å². The third-order valence-electron chi connectivity index (χ3n) is 3.32. The highest BCUT2D eigenvalue weighted by Crippen LogP contribution is 2.27. The molecular formula is C16H19NO2. The third kappa shape index (κ3) is 3.08. The summed E-state index contributed by atoms with van der Waals surface area (Å²) in [5.74, 6) is 3.44. The van der Waals surface area contributed by atoms with E-state index in [0.29, 0.717) is 19.7 Å². The number of carbonyl (C=O) groups excluding carboxylic acids is 1. The molecule has 0 aliphatic carbocycles. The Kier molecular flexibility index (Phi) is 4.46. The summed E-state index contributed by atoms with van der Waals surface area (Å²) in [5, 5.41) is 0. The van der Waals surface area contributed by atoms with Crippen molar-refractivity contribution < 1.29 is 9.53 Å². The largest absolute Gasteiger partial charge is 0.492 e. The molecule has 0 bridgehead atoms. The van der Waals surface area contributed by atoms with Crippen molar-refractivity contribution in [2.75, 3.05) is 19.7 Å². The molecule has 0 N–H and O–H groups in total. The van der Waals surface area contributed by atoms with Gasteiger partial charge in [-0.3, -0.25) is 4.79 Å². The minimum atomic E-state index is -0.116. The molecule has 1 heterocycles. The molecule has 1 aliphatic rings. The summed E-state index contributed by atoms with van der Waals surface area (Å²) in [6.07, 6.45) is 6.98. The fourth-order valence-electron chi connectivity index (χ4n) is 2.39. The number of hydrogen-bond acceptors (Lipinski definition) is 2. The number of nitrogens with zero attached hydrogens (tertiary/aromatic N) is 1. The second-order valence-electron chi connectivity index (χ2n) is 4.78. The second-order valence-corrected chi connectivity index (χ2v) is 4.78. The lowest BCUT2D eigenvalue weighted by molar-refractivity contribution is -0.136. The van der Waals surface area contributed by atoms with Crippen LogP contribution in [0.4, 0.5) is 0 Å². The summed E-state index contributed by atoms with van der Waals surface area (Å²) in [6.45, 7) is 3.58. The number of ether oxygens (including phenoxy) is 1. The molecule has 0 radical (unpaired) electrons. The zero-order chi connectivity index (χ0) is 13.7. The van der Waals surface area contributed by atoms with Crippen LogP contribution in [0, 0.1) is 18.3 Å². The van der Waals surface area contributed by atoms with Gasteiger partial charge < -0.3 is 9.64 Å². The van der Waals surface area contributed by atoms with E-state index < -0.39 is 0 Å². The molecule has 0 aromatic heterocycles. The lowest BCUT2D eigenvalue weighted by Crippen LogP contribution is -2.41. The maximum absolute atomic E-state index is 12.4. The van der Waals surface area contributed by atoms with Crippen molar-refractivity contribution in [2.24, 2.45) is 5.92 Å². The Bertz CT molecular complexity index is 490. The highest BCUT2D eigenvalue weighted by atomic mass is 16.5. The summed E-state index contributed by atoms with van der Waals surface area (Å²) >= 11 is 0. The van der Waals surface area contributed by atoms with E-state index in [9.17, 15) is 4.79 Å². The average molecular weight is 257 g/mol. The second kappa shape index (κ2) is 6.29. The van der Waals surface area contributed by atoms with Gasteiger partial charge in [0.25, 0.3) is 0 Å². The van der Waals surface area contributed by atoms with Gasteiger partial charge in [0.05, 0.1) is 12.5 Å². The van der Waals surface area contributed by atoms with Crippen LogP contribution in [0.3, 0.4) is 0 Å². The van der Waals surface area contributed by atoms with Gasteiger partial charge in [0.1, 0.15) is 12.4 Å². The molecule has 19 heavy (non-hydrogen) atoms. The zero-order valence-electron chi connectivity index (χ0n) is 11.3. The summed E-state index contributed by atoms with van der Waals surface area (Å²) in [5.41, 5.74) is 1.10. The van der Waals surface area contributed by atoms with Crippen LogP contribution in [0.2, 0.25) is 0 Å². The number of para-hydroxylation sites is 1. The maximum Gasteiger partial charge on any atom is 0.230 e. The van der Waals surface area contributed by atoms with Gasteiger partial charge in [0, 0.05) is 6.54 Å². The molecule has 3 heteroatoms. The fourth-order valence-corrected chi connectivity index (χ4v) is 2.39. The number of carbonyl (C=O) groups is 1. The summed E-state index contributed by atoms with van der Waals surface area (Å²) in [6, 6.07) is 7.88. The van der Waals surface area contributed by atoms with Crippen molar-refractivity contribution in [1.29, 1.82) is 0 Å². The van der Waals surface area contributed by atoms with E-state index in [1.807, 2.05) is 31.2 Å². The van der Waals surface area contributed by atoms with Gasteiger partial charge >= 0.3 is 0 Å². The van der Waals surface area contributed by atoms with E-state index in [1.54, 1.807) is 4.90 Å². The lowest BCUT2D eigenvalue weighted by atomic mass is 9.95. The molecule has 1 aromatic rings. The number of fused-ring (bicyclic) bond motifs is 1. The lowest BCUT2D eigenvalue weighted by Gasteiger charge is -2.29. The number of terminal acetylenes is 1. The first kappa shape index (κ1) is 13.5. The van der Waals surface area contributed by atoms with Gasteiger partial charge in [-0.15, -0.1) is 6.42 Å². The van der Waals surface area contributed by atoms with Crippen molar-refractivity contribution in [3.05, 3.63) is 29.8 Å². The SMILES string of the molecule is C#CCN(CCC)C(=O)C1COc2ccccc2C1. The monoisotopic (exact) mass is 257 g/mol. The zero-order valence-corrected chi connectivity index (χ0v) is 11.3. The molecule has 0 spiro atoms. The number of benzene rings is 1. The van der Waals surface area contributed by atoms with Gasteiger partial charge in [0.15, 0.2) is 0 Å². The van der Waals surface area contributed by atoms with E-state index >= 15 is 0 Å². The molecule has 2 rings (SSSR count). The fraction of sp³-hybridized carbons (Fsp3) is 0.438. The quantitative estimate of drug-likeness (QED) is 0.773.